The summed E-state index contributed by atoms with van der Waals surface area (Å²) in [5, 5.41) is 17.2. The van der Waals surface area contributed by atoms with Crippen LogP contribution < -0.4 is 34.8 Å². The zero-order valence-electron chi connectivity index (χ0n) is 2.93. The first-order valence-electron chi connectivity index (χ1n) is 0.744. The van der Waals surface area contributed by atoms with Gasteiger partial charge < -0.3 is 10.1 Å². The summed E-state index contributed by atoms with van der Waals surface area (Å²) in [5.41, 5.74) is 0. The van der Waals surface area contributed by atoms with E-state index in [0.717, 1.165) is 0 Å². The maximum Gasteiger partial charge on any atom is 1.00 e. The van der Waals surface area contributed by atoms with Gasteiger partial charge in [-0.25, -0.2) is 0 Å². The Balaban J connectivity index is 0. The molecule has 23 valence electrons. The minimum Gasteiger partial charge on any atom is -0.739 e. The van der Waals surface area contributed by atoms with Crippen LogP contribution in [0.3, 0.4) is 0 Å². The van der Waals surface area contributed by atoms with Crippen molar-refractivity contribution in [2.24, 2.45) is 0 Å². The van der Waals surface area contributed by atoms with Gasteiger partial charge in [0.1, 0.15) is 0 Å². The van der Waals surface area contributed by atoms with Gasteiger partial charge in [-0.2, -0.15) is 0 Å². The van der Waals surface area contributed by atoms with E-state index in [1.165, 1.54) is 0 Å². The molecule has 0 aromatic rings. The van der Waals surface area contributed by atoms with E-state index in [9.17, 15) is 0 Å². The molecule has 3 nitrogen and oxygen atoms in total. The van der Waals surface area contributed by atoms with Crippen molar-refractivity contribution in [3.63, 3.8) is 0 Å². The molecular formula is HBNaO3. The maximum atomic E-state index is 8.76. The Kier molecular flexibility index (Phi) is 16.6. The van der Waals surface area contributed by atoms with Gasteiger partial charge in [0.2, 0.25) is 0 Å². The van der Waals surface area contributed by atoms with Gasteiger partial charge in [0.15, 0.2) is 0 Å². The van der Waals surface area contributed by atoms with Crippen molar-refractivity contribution in [1.82, 2.24) is 0 Å². The molecule has 0 fully saturated rings. The summed E-state index contributed by atoms with van der Waals surface area (Å²) in [7, 11) is -0.986. The van der Waals surface area contributed by atoms with E-state index in [-0.39, 0.29) is 29.6 Å². The van der Waals surface area contributed by atoms with Crippen LogP contribution in [-0.4, -0.2) is 7.69 Å². The predicted octanol–water partition coefficient (Wildman–Crippen LogP) is -5.02. The largest absolute Gasteiger partial charge is 1.00 e. The van der Waals surface area contributed by atoms with Crippen molar-refractivity contribution in [2.45, 2.75) is 0 Å². The van der Waals surface area contributed by atoms with E-state index >= 15 is 0 Å². The molecular weight excluding hydrogens is 81.8 g/mol. The molecule has 0 amide bonds. The zero-order valence-corrected chi connectivity index (χ0v) is 4.93. The minimum atomic E-state index is -0.986. The summed E-state index contributed by atoms with van der Waals surface area (Å²) in [5.74, 6) is 0. The van der Waals surface area contributed by atoms with E-state index in [2.05, 4.69) is 4.81 Å². The summed E-state index contributed by atoms with van der Waals surface area (Å²) < 4.78 is 0. The smallest absolute Gasteiger partial charge is 0.739 e. The molecule has 5 heavy (non-hydrogen) atoms. The molecule has 0 atom stereocenters. The molecule has 0 spiro atoms. The minimum absolute atomic E-state index is 0. The molecule has 0 aromatic carbocycles. The fraction of sp³-hybridized carbons (Fsp3) is 0. The number of hydrogen-bond acceptors (Lipinski definition) is 2. The molecule has 0 saturated heterocycles. The average Bonchev–Trinajstić information content (AvgIpc) is 1.37. The third kappa shape index (κ3) is 11.3. The van der Waals surface area contributed by atoms with Crippen LogP contribution in [0, 0.1) is 0 Å². The van der Waals surface area contributed by atoms with Gasteiger partial charge in [-0.15, -0.1) is 0 Å². The predicted molar refractivity (Wildman–Crippen MR) is 8.92 cm³/mol. The van der Waals surface area contributed by atoms with E-state index in [1.807, 2.05) is 0 Å². The Morgan fingerprint density at radius 1 is 1.80 bits per heavy atom. The molecule has 0 aliphatic rings. The first-order valence-corrected chi connectivity index (χ1v) is 0.744. The summed E-state index contributed by atoms with van der Waals surface area (Å²) in [4.78, 5) is 2.74. The van der Waals surface area contributed by atoms with Gasteiger partial charge in [-0.3, -0.25) is 5.02 Å². The molecule has 0 heterocycles. The van der Waals surface area contributed by atoms with Crippen LogP contribution in [0.1, 0.15) is 0 Å². The third-order valence-corrected chi connectivity index (χ3v) is 0.0481. The molecule has 0 aliphatic heterocycles. The first-order chi connectivity index (χ1) is 1.91. The number of rotatable bonds is 1. The molecule has 0 saturated carbocycles. The molecule has 0 rings (SSSR count). The Labute approximate surface area is 52.5 Å². The van der Waals surface area contributed by atoms with Gasteiger partial charge in [0.05, 0.1) is 0 Å². The van der Waals surface area contributed by atoms with Crippen LogP contribution in [0.25, 0.3) is 0 Å². The summed E-state index contributed by atoms with van der Waals surface area (Å²) in [6.45, 7) is 0. The van der Waals surface area contributed by atoms with Gasteiger partial charge in [0.25, 0.3) is 0 Å². The third-order valence-electron chi connectivity index (χ3n) is 0.0481. The van der Waals surface area contributed by atoms with Crippen LogP contribution in [0.2, 0.25) is 0 Å². The molecule has 5 heteroatoms. The van der Waals surface area contributed by atoms with Crippen LogP contribution in [-0.2, 0) is 9.83 Å². The van der Waals surface area contributed by atoms with E-state index < -0.39 is 7.69 Å². The van der Waals surface area contributed by atoms with Crippen molar-refractivity contribution < 1.29 is 44.6 Å². The Bertz CT molecular complexity index is 8.85. The summed E-state index contributed by atoms with van der Waals surface area (Å²) in [6, 6.07) is 0. The molecule has 0 aromatic heterocycles. The van der Waals surface area contributed by atoms with Crippen molar-refractivity contribution in [2.75, 3.05) is 0 Å². The maximum absolute atomic E-state index is 8.76. The van der Waals surface area contributed by atoms with E-state index in [0.29, 0.717) is 0 Å². The second-order valence-corrected chi connectivity index (χ2v) is 0.236. The molecule has 0 aliphatic carbocycles. The van der Waals surface area contributed by atoms with E-state index in [4.69, 9.17) is 10.3 Å². The van der Waals surface area contributed by atoms with Crippen LogP contribution in [0.4, 0.5) is 0 Å². The quantitative estimate of drug-likeness (QED) is 0.181. The Hall–Kier alpha value is 0.945. The first kappa shape index (κ1) is 9.34. The van der Waals surface area contributed by atoms with Gasteiger partial charge in [0, 0.05) is 0 Å². The fourth-order valence-corrected chi connectivity index (χ4v) is 0. The second kappa shape index (κ2) is 8.87. The van der Waals surface area contributed by atoms with Crippen molar-refractivity contribution in [3.8, 4) is 0 Å². The summed E-state index contributed by atoms with van der Waals surface area (Å²) in [6.07, 6.45) is 0. The van der Waals surface area contributed by atoms with Gasteiger partial charge in [-0.1, -0.05) is 0 Å². The van der Waals surface area contributed by atoms with Gasteiger partial charge >= 0.3 is 37.2 Å². The number of hydrogen-bond donors (Lipinski definition) is 0. The monoisotopic (exact) mass is 83.0 g/mol. The Morgan fingerprint density at radius 3 is 2.00 bits per heavy atom. The van der Waals surface area contributed by atoms with Crippen molar-refractivity contribution in [1.29, 1.82) is 0 Å². The van der Waals surface area contributed by atoms with Crippen molar-refractivity contribution >= 4 is 7.69 Å². The van der Waals surface area contributed by atoms with Crippen LogP contribution >= 0.6 is 0 Å². The fourth-order valence-electron chi connectivity index (χ4n) is 0. The Morgan fingerprint density at radius 2 is 2.00 bits per heavy atom. The summed E-state index contributed by atoms with van der Waals surface area (Å²) >= 11 is 0. The average molecular weight is 82.8 g/mol. The van der Waals surface area contributed by atoms with Crippen LogP contribution in [0.5, 0.6) is 0 Å². The van der Waals surface area contributed by atoms with Gasteiger partial charge in [-0.05, 0) is 0 Å². The van der Waals surface area contributed by atoms with Crippen molar-refractivity contribution in [3.05, 3.63) is 0 Å². The standard InChI is InChI=1S/BH2O3.Na/c2-1-4-3;/h1,3H;/q;+1/p-1. The normalized spacial score (nSPS) is 5.20. The SMILES string of the molecule is [Na+].[O]BO[O-]. The molecule has 0 N–H and O–H groups in total. The second-order valence-electron chi connectivity index (χ2n) is 0.236. The molecule has 1 radical (unpaired) electrons. The molecule has 0 bridgehead atoms. The topological polar surface area (TPSA) is 52.2 Å². The van der Waals surface area contributed by atoms with Crippen LogP contribution in [0.15, 0.2) is 0 Å². The zero-order chi connectivity index (χ0) is 3.41. The molecule has 0 unspecified atom stereocenters. The van der Waals surface area contributed by atoms with E-state index in [1.54, 1.807) is 0 Å².